The number of rotatable bonds is 17. The number of carbonyl (C=O) groups excluding carboxylic acids is 2. The summed E-state index contributed by atoms with van der Waals surface area (Å²) in [5.74, 6) is -1.00. The second-order valence-electron chi connectivity index (χ2n) is 10.7. The summed E-state index contributed by atoms with van der Waals surface area (Å²) in [6.45, 7) is 1.11. The minimum Gasteiger partial charge on any atom is -0.491 e. The number of halogens is 1. The van der Waals surface area contributed by atoms with Crippen LogP contribution in [0.1, 0.15) is 44.6 Å². The molecule has 4 N–H and O–H groups in total. The van der Waals surface area contributed by atoms with Gasteiger partial charge in [0.1, 0.15) is 36.9 Å². The van der Waals surface area contributed by atoms with Gasteiger partial charge in [0.15, 0.2) is 0 Å². The van der Waals surface area contributed by atoms with Gasteiger partial charge in [-0.05, 0) is 56.4 Å². The first kappa shape index (κ1) is 35.5. The van der Waals surface area contributed by atoms with Crippen LogP contribution in [0.3, 0.4) is 0 Å². The van der Waals surface area contributed by atoms with Crippen LogP contribution in [-0.4, -0.2) is 63.2 Å². The van der Waals surface area contributed by atoms with Crippen molar-refractivity contribution in [2.45, 2.75) is 70.0 Å². The molecule has 13 heteroatoms. The summed E-state index contributed by atoms with van der Waals surface area (Å²) in [6, 6.07) is 12.1. The van der Waals surface area contributed by atoms with Crippen molar-refractivity contribution in [1.82, 2.24) is 5.32 Å². The van der Waals surface area contributed by atoms with Crippen molar-refractivity contribution in [2.75, 3.05) is 6.61 Å². The van der Waals surface area contributed by atoms with Crippen LogP contribution in [0, 0.1) is 22.0 Å². The Morgan fingerprint density at radius 2 is 1.93 bits per heavy atom. The normalized spacial score (nSPS) is 21.0. The maximum atomic E-state index is 12.5. The van der Waals surface area contributed by atoms with E-state index in [1.165, 1.54) is 19.1 Å². The van der Waals surface area contributed by atoms with Crippen LogP contribution in [0.4, 0.5) is 0 Å². The summed E-state index contributed by atoms with van der Waals surface area (Å²) in [4.78, 5) is 39.6. The monoisotopic (exact) mass is 646 g/mol. The van der Waals surface area contributed by atoms with Crippen molar-refractivity contribution in [1.29, 1.82) is 0 Å². The summed E-state index contributed by atoms with van der Waals surface area (Å²) in [6.07, 6.45) is 6.76. The van der Waals surface area contributed by atoms with Crippen LogP contribution < -0.4 is 14.8 Å². The van der Waals surface area contributed by atoms with Crippen molar-refractivity contribution in [3.63, 3.8) is 0 Å². The number of nitrogens with one attached hydrogen (secondary N) is 1. The van der Waals surface area contributed by atoms with Crippen molar-refractivity contribution in [2.24, 2.45) is 11.8 Å². The van der Waals surface area contributed by atoms with Crippen LogP contribution in [0.2, 0.25) is 5.02 Å². The number of ether oxygens (including phenoxy) is 2. The van der Waals surface area contributed by atoms with Crippen molar-refractivity contribution < 1.29 is 44.3 Å². The Morgan fingerprint density at radius 1 is 1.16 bits per heavy atom. The van der Waals surface area contributed by atoms with Gasteiger partial charge in [-0.25, -0.2) is 4.79 Å². The van der Waals surface area contributed by atoms with Gasteiger partial charge in [-0.15, -0.1) is 10.1 Å². The first-order chi connectivity index (χ1) is 21.5. The third-order valence-electron chi connectivity index (χ3n) is 7.28. The number of allylic oxidation sites excluding steroid dienone is 2. The Bertz CT molecular complexity index is 1340. The average Bonchev–Trinajstić information content (AvgIpc) is 3.27. The molecular weight excluding hydrogens is 608 g/mol. The molecular formula is C32H39ClN2O10. The number of nitrogens with zero attached hydrogens (tertiary/aromatic N) is 1. The molecule has 0 aromatic heterocycles. The van der Waals surface area contributed by atoms with Gasteiger partial charge in [0.2, 0.25) is 5.91 Å². The van der Waals surface area contributed by atoms with Gasteiger partial charge < -0.3 is 34.9 Å². The molecule has 0 spiro atoms. The lowest BCUT2D eigenvalue weighted by molar-refractivity contribution is -0.763. The van der Waals surface area contributed by atoms with E-state index in [0.717, 1.165) is 0 Å². The number of para-hydroxylation sites is 1. The van der Waals surface area contributed by atoms with Crippen LogP contribution >= 0.6 is 11.6 Å². The molecule has 1 fully saturated rings. The molecule has 6 atom stereocenters. The topological polar surface area (TPSA) is 178 Å². The molecule has 45 heavy (non-hydrogen) atoms. The lowest BCUT2D eigenvalue weighted by Gasteiger charge is -2.19. The maximum absolute atomic E-state index is 12.5. The standard InChI is InChI=1S/C32H39ClN2O10/c1-21(32(40)45-30-13-7-6-9-22(30)19-44-35(41)42)34-31(39)14-5-3-2-4-12-26-27(29(38)18-28(26)37)16-15-24(36)20-43-25-11-8-10-23(33)17-25/h2,4,6-11,13,15-17,21,24,26-29,36-38H,3,5,12,14,18-20H2,1H3,(H,34,39)/t21?,24-,26-,27-,28+,29-/m1/s1. The summed E-state index contributed by atoms with van der Waals surface area (Å²) in [7, 11) is 0. The number of amides is 1. The van der Waals surface area contributed by atoms with Gasteiger partial charge in [0, 0.05) is 29.3 Å². The minimum absolute atomic E-state index is 0.00963. The Kier molecular flexibility index (Phi) is 14.3. The Balaban J connectivity index is 1.38. The summed E-state index contributed by atoms with van der Waals surface area (Å²) in [5.41, 5.74) is 0.312. The maximum Gasteiger partial charge on any atom is 0.333 e. The number of unbranched alkanes of at least 4 members (excludes halogenated alkanes) is 1. The quantitative estimate of drug-likeness (QED) is 0.0492. The molecule has 0 aliphatic heterocycles. The lowest BCUT2D eigenvalue weighted by atomic mass is 9.89. The van der Waals surface area contributed by atoms with Crippen LogP contribution in [-0.2, 0) is 21.0 Å². The largest absolute Gasteiger partial charge is 0.491 e. The molecule has 244 valence electrons. The molecule has 2 aromatic carbocycles. The molecule has 0 bridgehead atoms. The predicted molar refractivity (Wildman–Crippen MR) is 165 cm³/mol. The van der Waals surface area contributed by atoms with E-state index < -0.39 is 35.4 Å². The molecule has 0 saturated heterocycles. The highest BCUT2D eigenvalue weighted by atomic mass is 35.5. The summed E-state index contributed by atoms with van der Waals surface area (Å²) >= 11 is 5.94. The number of benzene rings is 2. The van der Waals surface area contributed by atoms with Crippen molar-refractivity contribution in [3.8, 4) is 11.5 Å². The smallest absolute Gasteiger partial charge is 0.333 e. The van der Waals surface area contributed by atoms with Crippen molar-refractivity contribution >= 4 is 23.5 Å². The molecule has 0 heterocycles. The molecule has 1 aliphatic carbocycles. The first-order valence-corrected chi connectivity index (χ1v) is 15.0. The third kappa shape index (κ3) is 12.1. The molecule has 2 aromatic rings. The predicted octanol–water partition coefficient (Wildman–Crippen LogP) is 3.93. The highest BCUT2D eigenvalue weighted by Gasteiger charge is 2.39. The summed E-state index contributed by atoms with van der Waals surface area (Å²) in [5, 5.41) is 43.9. The van der Waals surface area contributed by atoms with E-state index in [4.69, 9.17) is 21.1 Å². The van der Waals surface area contributed by atoms with Gasteiger partial charge in [-0.2, -0.15) is 0 Å². The molecule has 1 unspecified atom stereocenters. The van der Waals surface area contributed by atoms with Gasteiger partial charge >= 0.3 is 5.97 Å². The highest BCUT2D eigenvalue weighted by Crippen LogP contribution is 2.36. The van der Waals surface area contributed by atoms with Crippen LogP contribution in [0.15, 0.2) is 72.8 Å². The zero-order valence-electron chi connectivity index (χ0n) is 24.9. The van der Waals surface area contributed by atoms with Crippen LogP contribution in [0.25, 0.3) is 0 Å². The average molecular weight is 647 g/mol. The van der Waals surface area contributed by atoms with Crippen LogP contribution in [0.5, 0.6) is 11.5 Å². The molecule has 3 rings (SSSR count). The first-order valence-electron chi connectivity index (χ1n) is 14.7. The Labute approximate surface area is 266 Å². The van der Waals surface area contributed by atoms with E-state index in [-0.39, 0.29) is 49.5 Å². The Morgan fingerprint density at radius 3 is 2.69 bits per heavy atom. The number of hydrogen-bond acceptors (Lipinski definition) is 10. The number of esters is 1. The van der Waals surface area contributed by atoms with E-state index in [2.05, 4.69) is 10.2 Å². The van der Waals surface area contributed by atoms with Gasteiger partial charge in [-0.3, -0.25) is 4.79 Å². The zero-order valence-corrected chi connectivity index (χ0v) is 25.6. The second kappa shape index (κ2) is 18.1. The molecule has 0 radical (unpaired) electrons. The van der Waals surface area contributed by atoms with E-state index in [9.17, 15) is 35.0 Å². The fourth-order valence-corrected chi connectivity index (χ4v) is 5.10. The molecule has 1 amide bonds. The number of aliphatic hydroxyl groups is 3. The molecule has 12 nitrogen and oxygen atoms in total. The van der Waals surface area contributed by atoms with E-state index in [0.29, 0.717) is 35.6 Å². The fourth-order valence-electron chi connectivity index (χ4n) is 4.92. The lowest BCUT2D eigenvalue weighted by Crippen LogP contribution is -2.40. The molecule has 1 aliphatic rings. The Hall–Kier alpha value is -3.97. The van der Waals surface area contributed by atoms with E-state index in [1.54, 1.807) is 48.6 Å². The highest BCUT2D eigenvalue weighted by molar-refractivity contribution is 6.30. The zero-order chi connectivity index (χ0) is 32.8. The number of aliphatic hydroxyl groups excluding tert-OH is 3. The third-order valence-corrected chi connectivity index (χ3v) is 7.51. The SMILES string of the molecule is CC(NC(=O)CCCC=CC[C@@H]1[C@@H](C=C[C@@H](O)COc2cccc(Cl)c2)[C@H](O)C[C@@H]1O)C(=O)Oc1ccccc1CO[N+](=O)[O-]. The van der Waals surface area contributed by atoms with Gasteiger partial charge in [0.05, 0.1) is 12.2 Å². The van der Waals surface area contributed by atoms with E-state index >= 15 is 0 Å². The number of hydrogen-bond donors (Lipinski definition) is 4. The second-order valence-corrected chi connectivity index (χ2v) is 11.2. The van der Waals surface area contributed by atoms with Crippen molar-refractivity contribution in [3.05, 3.63) is 93.5 Å². The fraction of sp³-hybridized carbons (Fsp3) is 0.438. The summed E-state index contributed by atoms with van der Waals surface area (Å²) < 4.78 is 10.9. The minimum atomic E-state index is -0.945. The number of carbonyl (C=O) groups is 2. The van der Waals surface area contributed by atoms with Gasteiger partial charge in [-0.1, -0.05) is 60.2 Å². The van der Waals surface area contributed by atoms with E-state index in [1.807, 2.05) is 12.2 Å². The molecule has 1 saturated carbocycles. The van der Waals surface area contributed by atoms with Gasteiger partial charge in [0.25, 0.3) is 5.09 Å².